The van der Waals surface area contributed by atoms with Gasteiger partial charge in [0.25, 0.3) is 0 Å². The Morgan fingerprint density at radius 3 is 2.10 bits per heavy atom. The SMILES string of the molecule is C=CC(C)(c1ccccc1)c1ccc(C(=O)OC)cc1. The van der Waals surface area contributed by atoms with E-state index in [9.17, 15) is 4.79 Å². The minimum absolute atomic E-state index is 0.282. The fraction of sp³-hybridized carbons (Fsp3) is 0.167. The molecule has 0 aliphatic carbocycles. The van der Waals surface area contributed by atoms with Crippen molar-refractivity contribution in [1.82, 2.24) is 0 Å². The lowest BCUT2D eigenvalue weighted by molar-refractivity contribution is 0.0600. The Labute approximate surface area is 119 Å². The number of rotatable bonds is 4. The molecular formula is C18H18O2. The molecule has 102 valence electrons. The lowest BCUT2D eigenvalue weighted by Crippen LogP contribution is -2.20. The molecule has 1 atom stereocenters. The molecule has 2 nitrogen and oxygen atoms in total. The number of esters is 1. The quantitative estimate of drug-likeness (QED) is 0.618. The van der Waals surface area contributed by atoms with Crippen LogP contribution in [0.2, 0.25) is 0 Å². The van der Waals surface area contributed by atoms with E-state index in [0.29, 0.717) is 5.56 Å². The predicted molar refractivity (Wildman–Crippen MR) is 80.9 cm³/mol. The maximum Gasteiger partial charge on any atom is 0.337 e. The average Bonchev–Trinajstić information content (AvgIpc) is 2.54. The Hall–Kier alpha value is -2.35. The molecule has 0 fully saturated rings. The lowest BCUT2D eigenvalue weighted by Gasteiger charge is -2.27. The summed E-state index contributed by atoms with van der Waals surface area (Å²) in [6.07, 6.45) is 1.93. The smallest absolute Gasteiger partial charge is 0.337 e. The van der Waals surface area contributed by atoms with Gasteiger partial charge in [-0.1, -0.05) is 48.5 Å². The molecule has 0 spiro atoms. The van der Waals surface area contributed by atoms with Crippen molar-refractivity contribution >= 4 is 5.97 Å². The van der Waals surface area contributed by atoms with E-state index < -0.39 is 0 Å². The molecule has 0 aromatic heterocycles. The number of methoxy groups -OCH3 is 1. The fourth-order valence-corrected chi connectivity index (χ4v) is 2.26. The summed E-state index contributed by atoms with van der Waals surface area (Å²) in [6, 6.07) is 17.6. The Morgan fingerprint density at radius 1 is 1.05 bits per heavy atom. The van der Waals surface area contributed by atoms with E-state index in [1.165, 1.54) is 12.7 Å². The van der Waals surface area contributed by atoms with E-state index in [1.807, 2.05) is 36.4 Å². The zero-order chi connectivity index (χ0) is 14.6. The standard InChI is InChI=1S/C18H18O2/c1-4-18(2,15-8-6-5-7-9-15)16-12-10-14(11-13-16)17(19)20-3/h4-13H,1H2,2-3H3. The number of allylic oxidation sites excluding steroid dienone is 1. The van der Waals surface area contributed by atoms with Crippen LogP contribution in [0.5, 0.6) is 0 Å². The van der Waals surface area contributed by atoms with Crippen LogP contribution in [0.3, 0.4) is 0 Å². The fourth-order valence-electron chi connectivity index (χ4n) is 2.26. The lowest BCUT2D eigenvalue weighted by atomic mass is 9.76. The molecule has 0 saturated heterocycles. The molecule has 2 rings (SSSR count). The van der Waals surface area contributed by atoms with Gasteiger partial charge < -0.3 is 4.74 Å². The topological polar surface area (TPSA) is 26.3 Å². The Balaban J connectivity index is 2.42. The number of carbonyl (C=O) groups is 1. The van der Waals surface area contributed by atoms with Crippen molar-refractivity contribution in [3.05, 3.63) is 83.9 Å². The van der Waals surface area contributed by atoms with Gasteiger partial charge in [-0.15, -0.1) is 6.58 Å². The minimum atomic E-state index is -0.323. The Kier molecular flexibility index (Phi) is 4.04. The van der Waals surface area contributed by atoms with Crippen molar-refractivity contribution in [3.8, 4) is 0 Å². The first-order valence-corrected chi connectivity index (χ1v) is 6.50. The number of ether oxygens (including phenoxy) is 1. The molecule has 0 N–H and O–H groups in total. The predicted octanol–water partition coefficient (Wildman–Crippen LogP) is 3.97. The van der Waals surface area contributed by atoms with Crippen molar-refractivity contribution in [3.63, 3.8) is 0 Å². The maximum atomic E-state index is 11.5. The molecule has 20 heavy (non-hydrogen) atoms. The van der Waals surface area contributed by atoms with Gasteiger partial charge in [-0.25, -0.2) is 4.79 Å². The molecule has 0 heterocycles. The second-order valence-electron chi connectivity index (χ2n) is 4.84. The molecule has 2 aromatic rings. The summed E-state index contributed by atoms with van der Waals surface area (Å²) in [4.78, 5) is 11.5. The first kappa shape index (κ1) is 14.1. The van der Waals surface area contributed by atoms with E-state index in [2.05, 4.69) is 25.6 Å². The van der Waals surface area contributed by atoms with Crippen LogP contribution in [0.15, 0.2) is 67.3 Å². The highest BCUT2D eigenvalue weighted by atomic mass is 16.5. The van der Waals surface area contributed by atoms with Crippen LogP contribution in [-0.4, -0.2) is 13.1 Å². The third kappa shape index (κ3) is 2.50. The van der Waals surface area contributed by atoms with Crippen LogP contribution in [0, 0.1) is 0 Å². The summed E-state index contributed by atoms with van der Waals surface area (Å²) in [5.41, 5.74) is 2.53. The van der Waals surface area contributed by atoms with Crippen molar-refractivity contribution < 1.29 is 9.53 Å². The van der Waals surface area contributed by atoms with E-state index in [0.717, 1.165) is 5.56 Å². The zero-order valence-corrected chi connectivity index (χ0v) is 11.8. The number of hydrogen-bond donors (Lipinski definition) is 0. The largest absolute Gasteiger partial charge is 0.465 e. The molecule has 0 amide bonds. The van der Waals surface area contributed by atoms with Gasteiger partial charge >= 0.3 is 5.97 Å². The normalized spacial score (nSPS) is 13.3. The molecule has 0 bridgehead atoms. The first-order chi connectivity index (χ1) is 9.61. The van der Waals surface area contributed by atoms with Gasteiger partial charge in [-0.05, 0) is 30.2 Å². The summed E-state index contributed by atoms with van der Waals surface area (Å²) in [6.45, 7) is 6.08. The summed E-state index contributed by atoms with van der Waals surface area (Å²) in [5, 5.41) is 0. The van der Waals surface area contributed by atoms with Gasteiger partial charge in [0, 0.05) is 5.41 Å². The minimum Gasteiger partial charge on any atom is -0.465 e. The van der Waals surface area contributed by atoms with E-state index in [1.54, 1.807) is 12.1 Å². The van der Waals surface area contributed by atoms with E-state index in [-0.39, 0.29) is 11.4 Å². The molecule has 0 aliphatic heterocycles. The van der Waals surface area contributed by atoms with Gasteiger partial charge in [-0.2, -0.15) is 0 Å². The van der Waals surface area contributed by atoms with E-state index >= 15 is 0 Å². The van der Waals surface area contributed by atoms with E-state index in [4.69, 9.17) is 4.74 Å². The third-order valence-electron chi connectivity index (χ3n) is 3.69. The van der Waals surface area contributed by atoms with Gasteiger partial charge in [-0.3, -0.25) is 0 Å². The van der Waals surface area contributed by atoms with Crippen LogP contribution in [0.4, 0.5) is 0 Å². The highest BCUT2D eigenvalue weighted by molar-refractivity contribution is 5.89. The summed E-state index contributed by atoms with van der Waals surface area (Å²) in [5.74, 6) is -0.323. The highest BCUT2D eigenvalue weighted by Gasteiger charge is 2.25. The first-order valence-electron chi connectivity index (χ1n) is 6.50. The molecule has 2 aromatic carbocycles. The number of hydrogen-bond acceptors (Lipinski definition) is 2. The second kappa shape index (κ2) is 5.74. The van der Waals surface area contributed by atoms with Crippen LogP contribution in [-0.2, 0) is 10.2 Å². The Bertz CT molecular complexity index is 599. The monoisotopic (exact) mass is 266 g/mol. The average molecular weight is 266 g/mol. The van der Waals surface area contributed by atoms with Crippen LogP contribution in [0.25, 0.3) is 0 Å². The second-order valence-corrected chi connectivity index (χ2v) is 4.84. The van der Waals surface area contributed by atoms with Crippen LogP contribution in [0.1, 0.15) is 28.4 Å². The van der Waals surface area contributed by atoms with Crippen molar-refractivity contribution in [2.75, 3.05) is 7.11 Å². The molecule has 2 heteroatoms. The summed E-state index contributed by atoms with van der Waals surface area (Å²) >= 11 is 0. The summed E-state index contributed by atoms with van der Waals surface area (Å²) < 4.78 is 4.71. The maximum absolute atomic E-state index is 11.5. The third-order valence-corrected chi connectivity index (χ3v) is 3.69. The van der Waals surface area contributed by atoms with Crippen molar-refractivity contribution in [1.29, 1.82) is 0 Å². The molecule has 0 radical (unpaired) electrons. The Morgan fingerprint density at radius 2 is 1.60 bits per heavy atom. The van der Waals surface area contributed by atoms with Crippen molar-refractivity contribution in [2.45, 2.75) is 12.3 Å². The van der Waals surface area contributed by atoms with Crippen molar-refractivity contribution in [2.24, 2.45) is 0 Å². The summed E-state index contributed by atoms with van der Waals surface area (Å²) in [7, 11) is 1.38. The zero-order valence-electron chi connectivity index (χ0n) is 11.8. The molecule has 1 unspecified atom stereocenters. The molecule has 0 saturated carbocycles. The highest BCUT2D eigenvalue weighted by Crippen LogP contribution is 2.33. The molecular weight excluding hydrogens is 248 g/mol. The number of benzene rings is 2. The van der Waals surface area contributed by atoms with Gasteiger partial charge in [0.15, 0.2) is 0 Å². The van der Waals surface area contributed by atoms with Crippen LogP contribution < -0.4 is 0 Å². The molecule has 0 aliphatic rings. The van der Waals surface area contributed by atoms with Gasteiger partial charge in [0.1, 0.15) is 0 Å². The van der Waals surface area contributed by atoms with Gasteiger partial charge in [0.05, 0.1) is 12.7 Å². The number of carbonyl (C=O) groups excluding carboxylic acids is 1. The van der Waals surface area contributed by atoms with Crippen LogP contribution >= 0.6 is 0 Å². The van der Waals surface area contributed by atoms with Gasteiger partial charge in [0.2, 0.25) is 0 Å².